The summed E-state index contributed by atoms with van der Waals surface area (Å²) in [5.74, 6) is -0.104. The number of H-pyrrole nitrogens is 1. The van der Waals surface area contributed by atoms with Crippen molar-refractivity contribution >= 4 is 29.0 Å². The Morgan fingerprint density at radius 2 is 2.00 bits per heavy atom. The van der Waals surface area contributed by atoms with Crippen molar-refractivity contribution in [2.45, 2.75) is 24.7 Å². The highest BCUT2D eigenvalue weighted by Crippen LogP contribution is 2.23. The smallest absolute Gasteiger partial charge is 0.278 e. The first-order chi connectivity index (χ1) is 9.52. The second kappa shape index (κ2) is 6.00. The molecule has 1 amide bonds. The standard InChI is InChI=1S/C14H18N4OS/c1-8(2)12-11(15)13(18-17-12)14(19)16-9-4-6-10(20-3)7-5-9/h4-8H,15H2,1-3H3,(H,16,19)(H,17,18). The van der Waals surface area contributed by atoms with Gasteiger partial charge in [-0.15, -0.1) is 11.8 Å². The molecule has 0 radical (unpaired) electrons. The van der Waals surface area contributed by atoms with Crippen molar-refractivity contribution in [1.29, 1.82) is 0 Å². The molecule has 2 aromatic rings. The van der Waals surface area contributed by atoms with Crippen molar-refractivity contribution in [2.75, 3.05) is 17.3 Å². The fourth-order valence-electron chi connectivity index (χ4n) is 1.84. The van der Waals surface area contributed by atoms with E-state index in [1.165, 1.54) is 0 Å². The summed E-state index contributed by atoms with van der Waals surface area (Å²) >= 11 is 1.65. The lowest BCUT2D eigenvalue weighted by Crippen LogP contribution is -2.14. The van der Waals surface area contributed by atoms with Crippen LogP contribution >= 0.6 is 11.8 Å². The lowest BCUT2D eigenvalue weighted by Gasteiger charge is -2.05. The van der Waals surface area contributed by atoms with Gasteiger partial charge in [0, 0.05) is 10.6 Å². The molecule has 0 saturated heterocycles. The number of hydrogen-bond donors (Lipinski definition) is 3. The first-order valence-corrected chi connectivity index (χ1v) is 7.54. The van der Waals surface area contributed by atoms with E-state index in [0.717, 1.165) is 16.3 Å². The average Bonchev–Trinajstić information content (AvgIpc) is 2.81. The van der Waals surface area contributed by atoms with Crippen molar-refractivity contribution in [3.05, 3.63) is 35.7 Å². The van der Waals surface area contributed by atoms with Crippen molar-refractivity contribution in [2.24, 2.45) is 0 Å². The van der Waals surface area contributed by atoms with E-state index >= 15 is 0 Å². The third-order valence-electron chi connectivity index (χ3n) is 2.97. The van der Waals surface area contributed by atoms with Crippen LogP contribution in [0.15, 0.2) is 29.2 Å². The van der Waals surface area contributed by atoms with Gasteiger partial charge in [-0.3, -0.25) is 9.89 Å². The van der Waals surface area contributed by atoms with Gasteiger partial charge >= 0.3 is 0 Å². The minimum Gasteiger partial charge on any atom is -0.395 e. The summed E-state index contributed by atoms with van der Waals surface area (Å²) in [4.78, 5) is 13.3. The third kappa shape index (κ3) is 2.96. The highest BCUT2D eigenvalue weighted by molar-refractivity contribution is 7.98. The Balaban J connectivity index is 2.15. The predicted molar refractivity (Wildman–Crippen MR) is 83.3 cm³/mol. The minimum absolute atomic E-state index is 0.199. The number of nitrogens with two attached hydrogens (primary N) is 1. The summed E-state index contributed by atoms with van der Waals surface area (Å²) in [7, 11) is 0. The third-order valence-corrected chi connectivity index (χ3v) is 3.72. The summed E-state index contributed by atoms with van der Waals surface area (Å²) in [5, 5.41) is 9.61. The van der Waals surface area contributed by atoms with Crippen LogP contribution in [0.4, 0.5) is 11.4 Å². The highest BCUT2D eigenvalue weighted by Gasteiger charge is 2.18. The second-order valence-corrected chi connectivity index (χ2v) is 5.62. The fourth-order valence-corrected chi connectivity index (χ4v) is 2.25. The molecule has 4 N–H and O–H groups in total. The Hall–Kier alpha value is -1.95. The van der Waals surface area contributed by atoms with Crippen LogP contribution in [0.2, 0.25) is 0 Å². The molecule has 0 aliphatic rings. The molecule has 1 aromatic heterocycles. The molecule has 5 nitrogen and oxygen atoms in total. The van der Waals surface area contributed by atoms with Crippen molar-refractivity contribution in [3.8, 4) is 0 Å². The number of thioether (sulfide) groups is 1. The summed E-state index contributed by atoms with van der Waals surface area (Å²) < 4.78 is 0. The van der Waals surface area contributed by atoms with Gasteiger partial charge in [-0.2, -0.15) is 5.10 Å². The van der Waals surface area contributed by atoms with Crippen LogP contribution in [0.5, 0.6) is 0 Å². The van der Waals surface area contributed by atoms with Gasteiger partial charge in [0.15, 0.2) is 5.69 Å². The molecule has 0 unspecified atom stereocenters. The van der Waals surface area contributed by atoms with Crippen molar-refractivity contribution < 1.29 is 4.79 Å². The van der Waals surface area contributed by atoms with Crippen LogP contribution in [0.1, 0.15) is 35.9 Å². The Morgan fingerprint density at radius 1 is 1.35 bits per heavy atom. The van der Waals surface area contributed by atoms with Crippen molar-refractivity contribution in [3.63, 3.8) is 0 Å². The molecule has 6 heteroatoms. The maximum atomic E-state index is 12.1. The number of benzene rings is 1. The Kier molecular flexibility index (Phi) is 4.34. The monoisotopic (exact) mass is 290 g/mol. The number of carbonyl (C=O) groups excluding carboxylic acids is 1. The first-order valence-electron chi connectivity index (χ1n) is 6.32. The highest BCUT2D eigenvalue weighted by atomic mass is 32.2. The van der Waals surface area contributed by atoms with E-state index in [1.54, 1.807) is 11.8 Å². The molecular formula is C14H18N4OS. The molecule has 0 saturated carbocycles. The number of aromatic amines is 1. The molecule has 0 aliphatic carbocycles. The number of nitrogens with zero attached hydrogens (tertiary/aromatic N) is 1. The van der Waals surface area contributed by atoms with E-state index in [0.29, 0.717) is 5.69 Å². The van der Waals surface area contributed by atoms with Gasteiger partial charge in [0.1, 0.15) is 0 Å². The Labute approximate surface area is 122 Å². The van der Waals surface area contributed by atoms with E-state index < -0.39 is 0 Å². The maximum absolute atomic E-state index is 12.1. The molecular weight excluding hydrogens is 272 g/mol. The number of hydrogen-bond acceptors (Lipinski definition) is 4. The van der Waals surface area contributed by atoms with Gasteiger partial charge in [-0.05, 0) is 36.4 Å². The average molecular weight is 290 g/mol. The number of aromatic nitrogens is 2. The fraction of sp³-hybridized carbons (Fsp3) is 0.286. The largest absolute Gasteiger partial charge is 0.395 e. The molecule has 106 valence electrons. The summed E-state index contributed by atoms with van der Waals surface area (Å²) in [5.41, 5.74) is 8.11. The van der Waals surface area contributed by atoms with Crippen LogP contribution in [-0.2, 0) is 0 Å². The zero-order valence-corrected chi connectivity index (χ0v) is 12.5. The normalized spacial score (nSPS) is 10.8. The number of nitrogens with one attached hydrogen (secondary N) is 2. The zero-order chi connectivity index (χ0) is 14.7. The molecule has 0 aliphatic heterocycles. The van der Waals surface area contributed by atoms with Crippen LogP contribution in [0.25, 0.3) is 0 Å². The Morgan fingerprint density at radius 3 is 2.50 bits per heavy atom. The van der Waals surface area contributed by atoms with Gasteiger partial charge in [0.05, 0.1) is 11.4 Å². The quantitative estimate of drug-likeness (QED) is 0.755. The summed E-state index contributed by atoms with van der Waals surface area (Å²) in [6.45, 7) is 3.99. The summed E-state index contributed by atoms with van der Waals surface area (Å²) in [6, 6.07) is 7.62. The van der Waals surface area contributed by atoms with Crippen molar-refractivity contribution in [1.82, 2.24) is 10.2 Å². The lowest BCUT2D eigenvalue weighted by molar-refractivity contribution is 0.102. The molecule has 20 heavy (non-hydrogen) atoms. The number of carbonyl (C=O) groups is 1. The molecule has 1 heterocycles. The van der Waals surface area contributed by atoms with Crippen LogP contribution in [-0.4, -0.2) is 22.4 Å². The zero-order valence-electron chi connectivity index (χ0n) is 11.7. The molecule has 0 spiro atoms. The Bertz CT molecular complexity index is 604. The molecule has 0 bridgehead atoms. The van der Waals surface area contributed by atoms with Gasteiger partial charge in [-0.25, -0.2) is 0 Å². The number of nitrogen functional groups attached to an aromatic ring is 1. The molecule has 0 fully saturated rings. The van der Waals surface area contributed by atoms with Gasteiger partial charge in [-0.1, -0.05) is 13.8 Å². The minimum atomic E-state index is -0.303. The summed E-state index contributed by atoms with van der Waals surface area (Å²) in [6.07, 6.45) is 2.01. The SMILES string of the molecule is CSc1ccc(NC(=O)c2n[nH]c(C(C)C)c2N)cc1. The molecule has 0 atom stereocenters. The van der Waals surface area contributed by atoms with Crippen LogP contribution < -0.4 is 11.1 Å². The lowest BCUT2D eigenvalue weighted by atomic mass is 10.1. The molecule has 2 rings (SSSR count). The second-order valence-electron chi connectivity index (χ2n) is 4.74. The van der Waals surface area contributed by atoms with Crippen LogP contribution in [0, 0.1) is 0 Å². The van der Waals surface area contributed by atoms with E-state index in [9.17, 15) is 4.79 Å². The maximum Gasteiger partial charge on any atom is 0.278 e. The molecule has 1 aromatic carbocycles. The van der Waals surface area contributed by atoms with Gasteiger partial charge in [0.25, 0.3) is 5.91 Å². The van der Waals surface area contributed by atoms with E-state index in [4.69, 9.17) is 5.73 Å². The van der Waals surface area contributed by atoms with Gasteiger partial charge < -0.3 is 11.1 Å². The number of rotatable bonds is 4. The van der Waals surface area contributed by atoms with Gasteiger partial charge in [0.2, 0.25) is 0 Å². The predicted octanol–water partition coefficient (Wildman–Crippen LogP) is 3.09. The van der Waals surface area contributed by atoms with E-state index in [1.807, 2.05) is 44.4 Å². The van der Waals surface area contributed by atoms with E-state index in [2.05, 4.69) is 15.5 Å². The van der Waals surface area contributed by atoms with E-state index in [-0.39, 0.29) is 17.5 Å². The number of amides is 1. The topological polar surface area (TPSA) is 83.8 Å². The number of anilines is 2. The van der Waals surface area contributed by atoms with Crippen LogP contribution in [0.3, 0.4) is 0 Å². The first kappa shape index (κ1) is 14.5.